The van der Waals surface area contributed by atoms with E-state index in [1.54, 1.807) is 0 Å². The van der Waals surface area contributed by atoms with Crippen LogP contribution >= 0.6 is 0 Å². The molecule has 0 bridgehead atoms. The van der Waals surface area contributed by atoms with Gasteiger partial charge in [0.2, 0.25) is 5.91 Å². The molecule has 6 nitrogen and oxygen atoms in total. The number of aromatic nitrogens is 3. The molecule has 1 unspecified atom stereocenters. The molecule has 3 aromatic rings. The Kier molecular flexibility index (Phi) is 4.81. The monoisotopic (exact) mass is 363 g/mol. The fraction of sp³-hybridized carbons (Fsp3) is 0.333. The maximum atomic E-state index is 12.7. The highest BCUT2D eigenvalue weighted by Gasteiger charge is 2.28. The zero-order valence-electron chi connectivity index (χ0n) is 15.8. The van der Waals surface area contributed by atoms with E-state index in [0.29, 0.717) is 12.6 Å². The van der Waals surface area contributed by atoms with Crippen molar-refractivity contribution in [3.63, 3.8) is 0 Å². The van der Waals surface area contributed by atoms with E-state index in [1.807, 2.05) is 61.1 Å². The van der Waals surface area contributed by atoms with E-state index in [9.17, 15) is 4.79 Å². The summed E-state index contributed by atoms with van der Waals surface area (Å²) in [7, 11) is 0. The van der Waals surface area contributed by atoms with E-state index >= 15 is 0 Å². The maximum absolute atomic E-state index is 12.7. The first-order chi connectivity index (χ1) is 13.1. The van der Waals surface area contributed by atoms with Gasteiger partial charge in [0, 0.05) is 11.9 Å². The molecule has 1 amide bonds. The Labute approximate surface area is 159 Å². The lowest BCUT2D eigenvalue weighted by Gasteiger charge is -2.23. The van der Waals surface area contributed by atoms with E-state index in [-0.39, 0.29) is 5.91 Å². The zero-order chi connectivity index (χ0) is 18.8. The quantitative estimate of drug-likeness (QED) is 0.728. The van der Waals surface area contributed by atoms with Crippen molar-refractivity contribution in [2.24, 2.45) is 0 Å². The molecule has 6 heteroatoms. The van der Waals surface area contributed by atoms with Crippen LogP contribution in [-0.4, -0.2) is 38.7 Å². The van der Waals surface area contributed by atoms with Crippen molar-refractivity contribution in [3.05, 3.63) is 65.7 Å². The smallest absolute Gasteiger partial charge is 0.238 e. The first-order valence-electron chi connectivity index (χ1n) is 9.42. The van der Waals surface area contributed by atoms with Crippen LogP contribution in [0.2, 0.25) is 0 Å². The van der Waals surface area contributed by atoms with Crippen LogP contribution in [0.1, 0.15) is 36.0 Å². The number of rotatable bonds is 5. The summed E-state index contributed by atoms with van der Waals surface area (Å²) < 4.78 is 1.88. The third kappa shape index (κ3) is 3.53. The van der Waals surface area contributed by atoms with E-state index < -0.39 is 0 Å². The Morgan fingerprint density at radius 1 is 1.22 bits per heavy atom. The SMILES string of the molecule is Cc1nn(-c2ccccc2)c(C)c1NC(=O)CN1CCCC1c1ccc[nH]1. The third-order valence-electron chi connectivity index (χ3n) is 5.25. The number of nitrogens with one attached hydrogen (secondary N) is 2. The van der Waals surface area contributed by atoms with Gasteiger partial charge in [0.05, 0.1) is 35.3 Å². The number of hydrogen-bond acceptors (Lipinski definition) is 3. The number of para-hydroxylation sites is 1. The fourth-order valence-electron chi connectivity index (χ4n) is 3.93. The summed E-state index contributed by atoms with van der Waals surface area (Å²) in [5.74, 6) is 0.00673. The molecule has 0 spiro atoms. The lowest BCUT2D eigenvalue weighted by atomic mass is 10.1. The van der Waals surface area contributed by atoms with Crippen molar-refractivity contribution in [1.82, 2.24) is 19.7 Å². The van der Waals surface area contributed by atoms with Crippen LogP contribution in [0.15, 0.2) is 48.7 Å². The van der Waals surface area contributed by atoms with Crippen LogP contribution < -0.4 is 5.32 Å². The second-order valence-corrected chi connectivity index (χ2v) is 7.10. The van der Waals surface area contributed by atoms with E-state index in [2.05, 4.69) is 26.4 Å². The van der Waals surface area contributed by atoms with Gasteiger partial charge in [-0.05, 0) is 57.5 Å². The Bertz CT molecular complexity index is 914. The van der Waals surface area contributed by atoms with Crippen molar-refractivity contribution in [2.45, 2.75) is 32.7 Å². The molecule has 1 saturated heterocycles. The Hall–Kier alpha value is -2.86. The van der Waals surface area contributed by atoms with E-state index in [4.69, 9.17) is 0 Å². The number of carbonyl (C=O) groups is 1. The zero-order valence-corrected chi connectivity index (χ0v) is 15.8. The molecular weight excluding hydrogens is 338 g/mol. The number of amides is 1. The van der Waals surface area contributed by atoms with Gasteiger partial charge >= 0.3 is 0 Å². The van der Waals surface area contributed by atoms with Crippen LogP contribution in [0, 0.1) is 13.8 Å². The highest BCUT2D eigenvalue weighted by Crippen LogP contribution is 2.30. The van der Waals surface area contributed by atoms with Crippen LogP contribution in [0.25, 0.3) is 5.69 Å². The predicted octanol–water partition coefficient (Wildman–Crippen LogP) is 3.59. The predicted molar refractivity (Wildman–Crippen MR) is 106 cm³/mol. The minimum Gasteiger partial charge on any atom is -0.364 e. The second kappa shape index (κ2) is 7.40. The number of anilines is 1. The van der Waals surface area contributed by atoms with Gasteiger partial charge in [-0.1, -0.05) is 18.2 Å². The maximum Gasteiger partial charge on any atom is 0.238 e. The summed E-state index contributed by atoms with van der Waals surface area (Å²) in [6.07, 6.45) is 4.13. The van der Waals surface area contributed by atoms with Crippen LogP contribution in [-0.2, 0) is 4.79 Å². The van der Waals surface area contributed by atoms with Crippen molar-refractivity contribution in [3.8, 4) is 5.69 Å². The molecule has 0 radical (unpaired) electrons. The molecule has 140 valence electrons. The van der Waals surface area contributed by atoms with E-state index in [0.717, 1.165) is 42.1 Å². The molecule has 1 atom stereocenters. The van der Waals surface area contributed by atoms with E-state index in [1.165, 1.54) is 5.69 Å². The van der Waals surface area contributed by atoms with Crippen LogP contribution in [0.3, 0.4) is 0 Å². The summed E-state index contributed by atoms with van der Waals surface area (Å²) in [5.41, 5.74) is 4.75. The van der Waals surface area contributed by atoms with Crippen molar-refractivity contribution >= 4 is 11.6 Å². The Morgan fingerprint density at radius 2 is 2.04 bits per heavy atom. The minimum absolute atomic E-state index is 0.00673. The van der Waals surface area contributed by atoms with Gasteiger partial charge in [-0.25, -0.2) is 4.68 Å². The number of carbonyl (C=O) groups excluding carboxylic acids is 1. The number of aryl methyl sites for hydroxylation is 1. The van der Waals surface area contributed by atoms with Gasteiger partial charge in [-0.15, -0.1) is 0 Å². The number of H-pyrrole nitrogens is 1. The number of benzene rings is 1. The minimum atomic E-state index is 0.00673. The van der Waals surface area contributed by atoms with Gasteiger partial charge in [0.1, 0.15) is 0 Å². The summed E-state index contributed by atoms with van der Waals surface area (Å²) in [5, 5.41) is 7.69. The largest absolute Gasteiger partial charge is 0.364 e. The number of likely N-dealkylation sites (tertiary alicyclic amines) is 1. The van der Waals surface area contributed by atoms with Gasteiger partial charge < -0.3 is 10.3 Å². The number of hydrogen-bond donors (Lipinski definition) is 2. The Balaban J connectivity index is 1.48. The molecule has 1 aliphatic rings. The summed E-state index contributed by atoms with van der Waals surface area (Å²) in [6.45, 7) is 5.25. The molecule has 4 rings (SSSR count). The first kappa shape index (κ1) is 17.5. The highest BCUT2D eigenvalue weighted by molar-refractivity contribution is 5.93. The highest BCUT2D eigenvalue weighted by atomic mass is 16.2. The average molecular weight is 363 g/mol. The standard InChI is InChI=1S/C21H25N5O/c1-15-21(16(2)26(24-15)17-8-4-3-5-9-17)23-20(27)14-25-13-7-11-19(25)18-10-6-12-22-18/h3-6,8-10,12,19,22H,7,11,13-14H2,1-2H3,(H,23,27). The van der Waals surface area contributed by atoms with Crippen molar-refractivity contribution in [2.75, 3.05) is 18.4 Å². The molecule has 1 aliphatic heterocycles. The van der Waals surface area contributed by atoms with Crippen LogP contribution in [0.5, 0.6) is 0 Å². The number of nitrogens with zero attached hydrogens (tertiary/aromatic N) is 3. The molecule has 2 aromatic heterocycles. The van der Waals surface area contributed by atoms with Gasteiger partial charge in [0.25, 0.3) is 0 Å². The molecule has 1 fully saturated rings. The topological polar surface area (TPSA) is 66.0 Å². The van der Waals surface area contributed by atoms with Gasteiger partial charge in [0.15, 0.2) is 0 Å². The molecule has 3 heterocycles. The molecule has 1 aromatic carbocycles. The van der Waals surface area contributed by atoms with Crippen LogP contribution in [0.4, 0.5) is 5.69 Å². The molecule has 27 heavy (non-hydrogen) atoms. The molecule has 2 N–H and O–H groups in total. The lowest BCUT2D eigenvalue weighted by Crippen LogP contribution is -2.33. The number of aromatic amines is 1. The summed E-state index contributed by atoms with van der Waals surface area (Å²) in [4.78, 5) is 18.3. The first-order valence-corrected chi connectivity index (χ1v) is 9.42. The molecule has 0 saturated carbocycles. The molecule has 0 aliphatic carbocycles. The second-order valence-electron chi connectivity index (χ2n) is 7.10. The van der Waals surface area contributed by atoms with Crippen molar-refractivity contribution in [1.29, 1.82) is 0 Å². The fourth-order valence-corrected chi connectivity index (χ4v) is 3.93. The third-order valence-corrected chi connectivity index (χ3v) is 5.25. The lowest BCUT2D eigenvalue weighted by molar-refractivity contribution is -0.117. The normalized spacial score (nSPS) is 17.3. The van der Waals surface area contributed by atoms with Crippen molar-refractivity contribution < 1.29 is 4.79 Å². The summed E-state index contributed by atoms with van der Waals surface area (Å²) >= 11 is 0. The Morgan fingerprint density at radius 3 is 2.78 bits per heavy atom. The molecular formula is C21H25N5O. The van der Waals surface area contributed by atoms with Gasteiger partial charge in [-0.2, -0.15) is 5.10 Å². The average Bonchev–Trinajstić information content (AvgIpc) is 3.40. The van der Waals surface area contributed by atoms with Gasteiger partial charge in [-0.3, -0.25) is 9.69 Å². The summed E-state index contributed by atoms with van der Waals surface area (Å²) in [6, 6.07) is 14.4.